The second kappa shape index (κ2) is 6.51. The van der Waals surface area contributed by atoms with E-state index in [9.17, 15) is 18.0 Å². The van der Waals surface area contributed by atoms with E-state index in [2.05, 4.69) is 4.98 Å². The first-order valence-corrected chi connectivity index (χ1v) is 8.50. The number of rotatable bonds is 5. The molecule has 0 spiro atoms. The van der Waals surface area contributed by atoms with Crippen molar-refractivity contribution in [3.63, 3.8) is 0 Å². The maximum atomic E-state index is 12.6. The largest absolute Gasteiger partial charge is 0.328 e. The number of likely N-dealkylation sites (N-methyl/N-ethyl adjacent to an activating group) is 1. The van der Waals surface area contributed by atoms with E-state index >= 15 is 0 Å². The molecule has 0 saturated heterocycles. The number of benzene rings is 1. The lowest BCUT2D eigenvalue weighted by molar-refractivity contribution is 0.378. The molecule has 1 aromatic heterocycles. The summed E-state index contributed by atoms with van der Waals surface area (Å²) in [4.78, 5) is 27.3. The van der Waals surface area contributed by atoms with Crippen molar-refractivity contribution < 1.29 is 8.42 Å². The summed E-state index contributed by atoms with van der Waals surface area (Å²) < 4.78 is 26.4. The van der Waals surface area contributed by atoms with Crippen molar-refractivity contribution in [2.45, 2.75) is 23.3 Å². The van der Waals surface area contributed by atoms with Gasteiger partial charge in [-0.05, 0) is 33.2 Å². The maximum Gasteiger partial charge on any atom is 0.328 e. The van der Waals surface area contributed by atoms with E-state index in [-0.39, 0.29) is 11.4 Å². The van der Waals surface area contributed by atoms with Crippen molar-refractivity contribution in [2.75, 3.05) is 20.6 Å². The molecule has 2 aromatic rings. The molecule has 0 bridgehead atoms. The summed E-state index contributed by atoms with van der Waals surface area (Å²) in [6.07, 6.45) is 1.11. The van der Waals surface area contributed by atoms with Gasteiger partial charge in [-0.1, -0.05) is 17.7 Å². The predicted octanol–water partition coefficient (Wildman–Crippen LogP) is 0.239. The molecule has 0 aliphatic carbocycles. The molecule has 0 fully saturated rings. The van der Waals surface area contributed by atoms with Gasteiger partial charge in [-0.3, -0.25) is 14.3 Å². The Bertz CT molecular complexity index is 909. The highest BCUT2D eigenvalue weighted by Gasteiger charge is 2.22. The average Bonchev–Trinajstić information content (AvgIpc) is 2.46. The van der Waals surface area contributed by atoms with Crippen LogP contribution in [0.4, 0.5) is 0 Å². The van der Waals surface area contributed by atoms with Crippen molar-refractivity contribution in [3.8, 4) is 0 Å². The summed E-state index contributed by atoms with van der Waals surface area (Å²) >= 11 is 0. The van der Waals surface area contributed by atoms with Gasteiger partial charge >= 0.3 is 5.69 Å². The Morgan fingerprint density at radius 2 is 1.74 bits per heavy atom. The van der Waals surface area contributed by atoms with E-state index in [1.165, 1.54) is 16.7 Å². The van der Waals surface area contributed by atoms with Crippen LogP contribution in [0.15, 0.2) is 49.8 Å². The SMILES string of the molecule is Cc1ccc(S(=O)(=O)c2cn(CCN(C)C)c(=O)[nH]c2=O)cc1. The van der Waals surface area contributed by atoms with Gasteiger partial charge in [-0.2, -0.15) is 0 Å². The lowest BCUT2D eigenvalue weighted by atomic mass is 10.2. The van der Waals surface area contributed by atoms with Crippen LogP contribution in [0, 0.1) is 6.92 Å². The molecule has 0 saturated carbocycles. The molecular formula is C15H19N3O4S. The summed E-state index contributed by atoms with van der Waals surface area (Å²) in [5.74, 6) is 0. The molecule has 0 aliphatic heterocycles. The normalized spacial score (nSPS) is 11.8. The number of H-pyrrole nitrogens is 1. The Labute approximate surface area is 134 Å². The summed E-state index contributed by atoms with van der Waals surface area (Å²) in [5, 5.41) is 0. The second-order valence-electron chi connectivity index (χ2n) is 5.57. The molecule has 0 aliphatic rings. The average molecular weight is 337 g/mol. The van der Waals surface area contributed by atoms with Crippen molar-refractivity contribution in [2.24, 2.45) is 0 Å². The number of sulfone groups is 1. The minimum absolute atomic E-state index is 0.0198. The Kier molecular flexibility index (Phi) is 4.86. The third-order valence-electron chi connectivity index (χ3n) is 3.39. The molecule has 0 unspecified atom stereocenters. The Balaban J connectivity index is 2.53. The summed E-state index contributed by atoms with van der Waals surface area (Å²) in [7, 11) is -0.313. The number of nitrogens with zero attached hydrogens (tertiary/aromatic N) is 2. The van der Waals surface area contributed by atoms with Crippen molar-refractivity contribution in [1.29, 1.82) is 0 Å². The monoisotopic (exact) mass is 337 g/mol. The topological polar surface area (TPSA) is 92.2 Å². The van der Waals surface area contributed by atoms with Crippen molar-refractivity contribution >= 4 is 9.84 Å². The van der Waals surface area contributed by atoms with E-state index in [0.29, 0.717) is 6.54 Å². The highest BCUT2D eigenvalue weighted by Crippen LogP contribution is 2.17. The van der Waals surface area contributed by atoms with Gasteiger partial charge in [0.25, 0.3) is 5.56 Å². The fourth-order valence-electron chi connectivity index (χ4n) is 2.00. The van der Waals surface area contributed by atoms with Gasteiger partial charge in [0.2, 0.25) is 9.84 Å². The van der Waals surface area contributed by atoms with Crippen LogP contribution in [-0.2, 0) is 16.4 Å². The lowest BCUT2D eigenvalue weighted by Crippen LogP contribution is -2.35. The number of nitrogens with one attached hydrogen (secondary N) is 1. The maximum absolute atomic E-state index is 12.6. The molecular weight excluding hydrogens is 318 g/mol. The summed E-state index contributed by atoms with van der Waals surface area (Å²) in [5.41, 5.74) is -0.620. The summed E-state index contributed by atoms with van der Waals surface area (Å²) in [6, 6.07) is 6.20. The van der Waals surface area contributed by atoms with Crippen LogP contribution in [0.2, 0.25) is 0 Å². The third kappa shape index (κ3) is 3.77. The van der Waals surface area contributed by atoms with Crippen LogP contribution in [0.1, 0.15) is 5.56 Å². The molecule has 1 aromatic carbocycles. The van der Waals surface area contributed by atoms with Crippen LogP contribution in [-0.4, -0.2) is 43.5 Å². The fourth-order valence-corrected chi connectivity index (χ4v) is 3.31. The molecule has 0 amide bonds. The molecule has 23 heavy (non-hydrogen) atoms. The van der Waals surface area contributed by atoms with Crippen LogP contribution >= 0.6 is 0 Å². The van der Waals surface area contributed by atoms with Gasteiger partial charge in [0.15, 0.2) is 4.90 Å². The number of aromatic amines is 1. The Morgan fingerprint density at radius 3 is 2.30 bits per heavy atom. The van der Waals surface area contributed by atoms with E-state index in [1.54, 1.807) is 12.1 Å². The van der Waals surface area contributed by atoms with Gasteiger partial charge in [0.1, 0.15) is 0 Å². The Hall–Kier alpha value is -2.19. The van der Waals surface area contributed by atoms with Crippen LogP contribution in [0.25, 0.3) is 0 Å². The van der Waals surface area contributed by atoms with E-state index in [0.717, 1.165) is 11.8 Å². The molecule has 124 valence electrons. The number of hydrogen-bond acceptors (Lipinski definition) is 5. The van der Waals surface area contributed by atoms with Gasteiger partial charge in [0, 0.05) is 19.3 Å². The van der Waals surface area contributed by atoms with Crippen LogP contribution in [0.3, 0.4) is 0 Å². The first-order valence-electron chi connectivity index (χ1n) is 7.02. The molecule has 2 rings (SSSR count). The molecule has 1 heterocycles. The van der Waals surface area contributed by atoms with E-state index < -0.39 is 26.0 Å². The van der Waals surface area contributed by atoms with E-state index in [4.69, 9.17) is 0 Å². The quantitative estimate of drug-likeness (QED) is 0.844. The van der Waals surface area contributed by atoms with Crippen LogP contribution in [0.5, 0.6) is 0 Å². The highest BCUT2D eigenvalue weighted by atomic mass is 32.2. The van der Waals surface area contributed by atoms with Gasteiger partial charge in [-0.25, -0.2) is 13.2 Å². The minimum Gasteiger partial charge on any atom is -0.308 e. The first kappa shape index (κ1) is 17.2. The smallest absolute Gasteiger partial charge is 0.308 e. The van der Waals surface area contributed by atoms with Crippen molar-refractivity contribution in [1.82, 2.24) is 14.5 Å². The molecule has 0 atom stereocenters. The molecule has 7 nitrogen and oxygen atoms in total. The molecule has 8 heteroatoms. The third-order valence-corrected chi connectivity index (χ3v) is 5.15. The molecule has 0 radical (unpaired) electrons. The predicted molar refractivity (Wildman–Crippen MR) is 86.5 cm³/mol. The van der Waals surface area contributed by atoms with Gasteiger partial charge in [0.05, 0.1) is 4.90 Å². The zero-order valence-corrected chi connectivity index (χ0v) is 14.1. The minimum atomic E-state index is -3.98. The summed E-state index contributed by atoms with van der Waals surface area (Å²) in [6.45, 7) is 2.65. The Morgan fingerprint density at radius 1 is 1.13 bits per heavy atom. The van der Waals surface area contributed by atoms with Gasteiger partial charge < -0.3 is 4.90 Å². The molecule has 1 N–H and O–H groups in total. The zero-order valence-electron chi connectivity index (χ0n) is 13.2. The van der Waals surface area contributed by atoms with E-state index in [1.807, 2.05) is 25.9 Å². The van der Waals surface area contributed by atoms with Gasteiger partial charge in [-0.15, -0.1) is 0 Å². The van der Waals surface area contributed by atoms with Crippen LogP contribution < -0.4 is 11.2 Å². The van der Waals surface area contributed by atoms with Crippen molar-refractivity contribution in [3.05, 3.63) is 56.9 Å². The first-order chi connectivity index (χ1) is 10.7. The standard InChI is InChI=1S/C15H19N3O4S/c1-11-4-6-12(7-5-11)23(21,22)13-10-18(9-8-17(2)3)15(20)16-14(13)19/h4-7,10H,8-9H2,1-3H3,(H,16,19,20). The second-order valence-corrected chi connectivity index (χ2v) is 7.48. The number of aryl methyl sites for hydroxylation is 1. The number of hydrogen-bond donors (Lipinski definition) is 1. The number of aromatic nitrogens is 2. The zero-order chi connectivity index (χ0) is 17.2. The highest BCUT2D eigenvalue weighted by molar-refractivity contribution is 7.91. The fraction of sp³-hybridized carbons (Fsp3) is 0.333. The lowest BCUT2D eigenvalue weighted by Gasteiger charge is -2.12.